The van der Waals surface area contributed by atoms with Crippen molar-refractivity contribution >= 4 is 11.9 Å². The molecule has 1 heterocycles. The van der Waals surface area contributed by atoms with Crippen molar-refractivity contribution in [3.8, 4) is 0 Å². The van der Waals surface area contributed by atoms with Crippen molar-refractivity contribution in [3.05, 3.63) is 48.0 Å². The SMILES string of the molecule is O=C(O)C1CN(C(=O)C2CC=CC2)CC1c1ccccc1. The van der Waals surface area contributed by atoms with Gasteiger partial charge in [-0.2, -0.15) is 0 Å². The Morgan fingerprint density at radius 1 is 1.05 bits per heavy atom. The molecule has 0 spiro atoms. The van der Waals surface area contributed by atoms with Gasteiger partial charge in [0.15, 0.2) is 0 Å². The topological polar surface area (TPSA) is 57.6 Å². The maximum absolute atomic E-state index is 12.5. The van der Waals surface area contributed by atoms with E-state index in [0.29, 0.717) is 13.1 Å². The number of benzene rings is 1. The lowest BCUT2D eigenvalue weighted by atomic mass is 9.89. The van der Waals surface area contributed by atoms with Gasteiger partial charge < -0.3 is 10.0 Å². The third-order valence-electron chi connectivity index (χ3n) is 4.53. The van der Waals surface area contributed by atoms with Crippen LogP contribution in [0.2, 0.25) is 0 Å². The molecule has 1 aliphatic heterocycles. The molecule has 21 heavy (non-hydrogen) atoms. The second-order valence-electron chi connectivity index (χ2n) is 5.84. The van der Waals surface area contributed by atoms with Crippen molar-refractivity contribution in [2.45, 2.75) is 18.8 Å². The Balaban J connectivity index is 1.78. The molecule has 2 unspecified atom stereocenters. The van der Waals surface area contributed by atoms with Crippen LogP contribution in [0.3, 0.4) is 0 Å². The van der Waals surface area contributed by atoms with Gasteiger partial charge in [0.25, 0.3) is 0 Å². The summed E-state index contributed by atoms with van der Waals surface area (Å²) in [5.41, 5.74) is 1.00. The normalized spacial score (nSPS) is 25.4. The van der Waals surface area contributed by atoms with Crippen LogP contribution in [-0.2, 0) is 9.59 Å². The lowest BCUT2D eigenvalue weighted by Gasteiger charge is -2.20. The van der Waals surface area contributed by atoms with Crippen molar-refractivity contribution in [2.75, 3.05) is 13.1 Å². The van der Waals surface area contributed by atoms with E-state index in [1.807, 2.05) is 42.5 Å². The van der Waals surface area contributed by atoms with Crippen LogP contribution >= 0.6 is 0 Å². The van der Waals surface area contributed by atoms with Crippen molar-refractivity contribution in [1.29, 1.82) is 0 Å². The number of hydrogen-bond acceptors (Lipinski definition) is 2. The molecule has 0 aromatic heterocycles. The lowest BCUT2D eigenvalue weighted by Crippen LogP contribution is -2.34. The number of carboxylic acid groups (broad SMARTS) is 1. The summed E-state index contributed by atoms with van der Waals surface area (Å²) in [5.74, 6) is -1.32. The number of hydrogen-bond donors (Lipinski definition) is 1. The molecule has 1 amide bonds. The summed E-state index contributed by atoms with van der Waals surface area (Å²) in [4.78, 5) is 25.8. The maximum Gasteiger partial charge on any atom is 0.308 e. The van der Waals surface area contributed by atoms with Crippen LogP contribution in [0.25, 0.3) is 0 Å². The molecule has 1 aromatic carbocycles. The third-order valence-corrected chi connectivity index (χ3v) is 4.53. The summed E-state index contributed by atoms with van der Waals surface area (Å²) in [6.45, 7) is 0.834. The Hall–Kier alpha value is -2.10. The average Bonchev–Trinajstić information content (AvgIpc) is 3.17. The second kappa shape index (κ2) is 5.72. The second-order valence-corrected chi connectivity index (χ2v) is 5.84. The van der Waals surface area contributed by atoms with Gasteiger partial charge in [0.05, 0.1) is 5.92 Å². The third kappa shape index (κ3) is 2.71. The molecule has 2 atom stereocenters. The molecule has 1 N–H and O–H groups in total. The fourth-order valence-electron chi connectivity index (χ4n) is 3.35. The van der Waals surface area contributed by atoms with Crippen LogP contribution in [0, 0.1) is 11.8 Å². The molecule has 110 valence electrons. The molecule has 2 aliphatic rings. The number of amides is 1. The van der Waals surface area contributed by atoms with Crippen molar-refractivity contribution in [2.24, 2.45) is 11.8 Å². The van der Waals surface area contributed by atoms with Crippen molar-refractivity contribution in [3.63, 3.8) is 0 Å². The fourth-order valence-corrected chi connectivity index (χ4v) is 3.35. The summed E-state index contributed by atoms with van der Waals surface area (Å²) in [5, 5.41) is 9.46. The average molecular weight is 285 g/mol. The molecule has 3 rings (SSSR count). The lowest BCUT2D eigenvalue weighted by molar-refractivity contribution is -0.142. The summed E-state index contributed by atoms with van der Waals surface area (Å²) >= 11 is 0. The minimum absolute atomic E-state index is 0.00830. The minimum atomic E-state index is -0.816. The van der Waals surface area contributed by atoms with E-state index in [0.717, 1.165) is 18.4 Å². The standard InChI is InChI=1S/C17H19NO3/c19-16(13-8-4-5-9-13)18-10-14(15(11-18)17(20)21)12-6-2-1-3-7-12/h1-7,13-15H,8-11H2,(H,20,21). The number of carbonyl (C=O) groups is 2. The molecular formula is C17H19NO3. The Labute approximate surface area is 124 Å². The maximum atomic E-state index is 12.5. The van der Waals surface area contributed by atoms with Gasteiger partial charge in [-0.25, -0.2) is 0 Å². The first-order valence-corrected chi connectivity index (χ1v) is 7.38. The van der Waals surface area contributed by atoms with Crippen LogP contribution in [0.5, 0.6) is 0 Å². The van der Waals surface area contributed by atoms with E-state index >= 15 is 0 Å². The zero-order valence-electron chi connectivity index (χ0n) is 11.8. The number of carboxylic acids is 1. The number of likely N-dealkylation sites (tertiary alicyclic amines) is 1. The molecule has 1 saturated heterocycles. The zero-order chi connectivity index (χ0) is 14.8. The quantitative estimate of drug-likeness (QED) is 0.867. The highest BCUT2D eigenvalue weighted by atomic mass is 16.4. The van der Waals surface area contributed by atoms with Crippen LogP contribution in [0.15, 0.2) is 42.5 Å². The minimum Gasteiger partial charge on any atom is -0.481 e. The van der Waals surface area contributed by atoms with E-state index in [1.54, 1.807) is 4.90 Å². The molecule has 0 radical (unpaired) electrons. The van der Waals surface area contributed by atoms with E-state index in [-0.39, 0.29) is 17.7 Å². The van der Waals surface area contributed by atoms with Crippen molar-refractivity contribution < 1.29 is 14.7 Å². The van der Waals surface area contributed by atoms with Crippen molar-refractivity contribution in [1.82, 2.24) is 4.90 Å². The zero-order valence-corrected chi connectivity index (χ0v) is 11.8. The molecule has 1 fully saturated rings. The highest BCUT2D eigenvalue weighted by Crippen LogP contribution is 2.34. The Bertz CT molecular complexity index is 559. The number of rotatable bonds is 3. The molecule has 0 bridgehead atoms. The van der Waals surface area contributed by atoms with E-state index in [1.165, 1.54) is 0 Å². The van der Waals surface area contributed by atoms with Gasteiger partial charge >= 0.3 is 5.97 Å². The Morgan fingerprint density at radius 3 is 2.33 bits per heavy atom. The highest BCUT2D eigenvalue weighted by molar-refractivity contribution is 5.82. The smallest absolute Gasteiger partial charge is 0.308 e. The molecule has 1 aliphatic carbocycles. The first-order chi connectivity index (χ1) is 10.2. The predicted molar refractivity (Wildman–Crippen MR) is 78.8 cm³/mol. The Kier molecular flexibility index (Phi) is 3.78. The molecular weight excluding hydrogens is 266 g/mol. The summed E-state index contributed by atoms with van der Waals surface area (Å²) in [7, 11) is 0. The summed E-state index contributed by atoms with van der Waals surface area (Å²) < 4.78 is 0. The van der Waals surface area contributed by atoms with Crippen LogP contribution in [0.4, 0.5) is 0 Å². The monoisotopic (exact) mass is 285 g/mol. The highest BCUT2D eigenvalue weighted by Gasteiger charge is 2.41. The van der Waals surface area contributed by atoms with Crippen LogP contribution in [-0.4, -0.2) is 35.0 Å². The number of nitrogens with zero attached hydrogens (tertiary/aromatic N) is 1. The van der Waals surface area contributed by atoms with Gasteiger partial charge in [-0.15, -0.1) is 0 Å². The van der Waals surface area contributed by atoms with E-state index in [2.05, 4.69) is 0 Å². The fraction of sp³-hybridized carbons (Fsp3) is 0.412. The first kappa shape index (κ1) is 13.9. The van der Waals surface area contributed by atoms with Gasteiger partial charge in [-0.3, -0.25) is 9.59 Å². The number of allylic oxidation sites excluding steroid dienone is 2. The largest absolute Gasteiger partial charge is 0.481 e. The van der Waals surface area contributed by atoms with Gasteiger partial charge in [-0.1, -0.05) is 42.5 Å². The van der Waals surface area contributed by atoms with Gasteiger partial charge in [0.2, 0.25) is 5.91 Å². The molecule has 1 aromatic rings. The van der Waals surface area contributed by atoms with Crippen LogP contribution < -0.4 is 0 Å². The van der Waals surface area contributed by atoms with Gasteiger partial charge in [0, 0.05) is 24.9 Å². The summed E-state index contributed by atoms with van der Waals surface area (Å²) in [6.07, 6.45) is 5.62. The molecule has 0 saturated carbocycles. The van der Waals surface area contributed by atoms with Crippen LogP contribution in [0.1, 0.15) is 24.3 Å². The first-order valence-electron chi connectivity index (χ1n) is 7.38. The predicted octanol–water partition coefficient (Wildman–Crippen LogP) is 2.28. The van der Waals surface area contributed by atoms with E-state index in [9.17, 15) is 14.7 Å². The van der Waals surface area contributed by atoms with Gasteiger partial charge in [0.1, 0.15) is 0 Å². The number of aliphatic carboxylic acids is 1. The van der Waals surface area contributed by atoms with E-state index < -0.39 is 11.9 Å². The molecule has 4 heteroatoms. The molecule has 4 nitrogen and oxygen atoms in total. The number of carbonyl (C=O) groups excluding carboxylic acids is 1. The summed E-state index contributed by atoms with van der Waals surface area (Å²) in [6, 6.07) is 9.65. The Morgan fingerprint density at radius 2 is 1.71 bits per heavy atom. The van der Waals surface area contributed by atoms with Gasteiger partial charge in [-0.05, 0) is 18.4 Å². The van der Waals surface area contributed by atoms with E-state index in [4.69, 9.17) is 0 Å².